The van der Waals surface area contributed by atoms with E-state index in [2.05, 4.69) is 29.1 Å². The fourth-order valence-corrected chi connectivity index (χ4v) is 3.39. The number of hydrogen-bond donors (Lipinski definition) is 2. The summed E-state index contributed by atoms with van der Waals surface area (Å²) in [5, 5.41) is 3.41. The van der Waals surface area contributed by atoms with Gasteiger partial charge in [-0.25, -0.2) is 0 Å². The lowest BCUT2D eigenvalue weighted by Crippen LogP contribution is -2.40. The van der Waals surface area contributed by atoms with Crippen LogP contribution in [0.4, 0.5) is 0 Å². The molecule has 3 N–H and O–H groups in total. The van der Waals surface area contributed by atoms with E-state index < -0.39 is 0 Å². The Morgan fingerprint density at radius 2 is 2.00 bits per heavy atom. The summed E-state index contributed by atoms with van der Waals surface area (Å²) in [4.78, 5) is 6.95. The number of nitrogens with one attached hydrogen (secondary N) is 1. The van der Waals surface area contributed by atoms with Crippen molar-refractivity contribution < 1.29 is 4.42 Å². The maximum absolute atomic E-state index is 6.13. The number of hydrogen-bond acceptors (Lipinski definition) is 3. The quantitative estimate of drug-likeness (QED) is 0.459. The Morgan fingerprint density at radius 1 is 1.30 bits per heavy atom. The number of rotatable bonds is 7. The molecule has 1 aromatic heterocycles. The van der Waals surface area contributed by atoms with E-state index in [4.69, 9.17) is 10.2 Å². The van der Waals surface area contributed by atoms with Crippen molar-refractivity contribution in [3.63, 3.8) is 0 Å². The first-order chi connectivity index (χ1) is 11.2. The van der Waals surface area contributed by atoms with Gasteiger partial charge in [-0.1, -0.05) is 39.5 Å². The minimum atomic E-state index is 0.148. The van der Waals surface area contributed by atoms with Gasteiger partial charge < -0.3 is 15.5 Å². The molecule has 1 aromatic rings. The molecule has 1 heterocycles. The molecule has 0 amide bonds. The average molecular weight is 320 g/mol. The third-order valence-electron chi connectivity index (χ3n) is 4.77. The molecular weight excluding hydrogens is 288 g/mol. The van der Waals surface area contributed by atoms with Crippen LogP contribution in [0.3, 0.4) is 0 Å². The summed E-state index contributed by atoms with van der Waals surface area (Å²) in [5.74, 6) is 1.53. The van der Waals surface area contributed by atoms with Gasteiger partial charge in [-0.2, -0.15) is 0 Å². The van der Waals surface area contributed by atoms with Gasteiger partial charge >= 0.3 is 0 Å². The van der Waals surface area contributed by atoms with Crippen LogP contribution in [0.5, 0.6) is 0 Å². The second kappa shape index (κ2) is 9.60. The zero-order valence-electron chi connectivity index (χ0n) is 14.6. The largest absolute Gasteiger partial charge is 0.468 e. The maximum atomic E-state index is 6.13. The second-order valence-corrected chi connectivity index (χ2v) is 6.31. The first-order valence-electron chi connectivity index (χ1n) is 9.08. The number of aliphatic imine (C=N–C) groups is 1. The van der Waals surface area contributed by atoms with Crippen LogP contribution in [0.25, 0.3) is 0 Å². The molecule has 1 aliphatic carbocycles. The number of nitrogens with zero attached hydrogens (tertiary/aromatic N) is 2. The highest BCUT2D eigenvalue weighted by atomic mass is 16.3. The summed E-state index contributed by atoms with van der Waals surface area (Å²) in [6, 6.07) is 4.59. The van der Waals surface area contributed by atoms with Crippen molar-refractivity contribution in [2.45, 2.75) is 64.5 Å². The molecule has 0 aromatic carbocycles. The zero-order chi connectivity index (χ0) is 16.5. The van der Waals surface area contributed by atoms with Crippen molar-refractivity contribution in [3.8, 4) is 0 Å². The van der Waals surface area contributed by atoms with Crippen LogP contribution in [0.2, 0.25) is 0 Å². The second-order valence-electron chi connectivity index (χ2n) is 6.31. The molecular formula is C18H32N4O. The van der Waals surface area contributed by atoms with Crippen molar-refractivity contribution in [2.75, 3.05) is 19.6 Å². The van der Waals surface area contributed by atoms with Crippen LogP contribution in [0.15, 0.2) is 27.8 Å². The average Bonchev–Trinajstić information content (AvgIpc) is 2.96. The summed E-state index contributed by atoms with van der Waals surface area (Å²) in [5.41, 5.74) is 6.13. The van der Waals surface area contributed by atoms with Crippen molar-refractivity contribution in [3.05, 3.63) is 24.2 Å². The summed E-state index contributed by atoms with van der Waals surface area (Å²) >= 11 is 0. The van der Waals surface area contributed by atoms with Crippen LogP contribution in [-0.2, 0) is 0 Å². The molecule has 5 heteroatoms. The van der Waals surface area contributed by atoms with E-state index in [1.54, 1.807) is 6.26 Å². The lowest BCUT2D eigenvalue weighted by molar-refractivity contribution is 0.198. The molecule has 0 radical (unpaired) electrons. The number of guanidine groups is 1. The molecule has 0 spiro atoms. The highest BCUT2D eigenvalue weighted by molar-refractivity contribution is 5.78. The van der Waals surface area contributed by atoms with Gasteiger partial charge in [-0.05, 0) is 38.1 Å². The summed E-state index contributed by atoms with van der Waals surface area (Å²) < 4.78 is 5.61. The molecule has 5 nitrogen and oxygen atoms in total. The summed E-state index contributed by atoms with van der Waals surface area (Å²) in [7, 11) is 0. The van der Waals surface area contributed by atoms with Crippen LogP contribution in [-0.4, -0.2) is 36.5 Å². The van der Waals surface area contributed by atoms with Gasteiger partial charge in [0.15, 0.2) is 5.96 Å². The number of likely N-dealkylation sites (N-methyl/N-ethyl adjacent to an activating group) is 1. The molecule has 130 valence electrons. The molecule has 2 rings (SSSR count). The molecule has 0 bridgehead atoms. The summed E-state index contributed by atoms with van der Waals surface area (Å²) in [6.07, 6.45) is 9.40. The Balaban J connectivity index is 1.95. The van der Waals surface area contributed by atoms with E-state index in [1.807, 2.05) is 12.1 Å². The molecule has 1 aliphatic rings. The lowest BCUT2D eigenvalue weighted by atomic mass is 10.1. The molecule has 1 atom stereocenters. The SMILES string of the molecule is CCN(CC)C(CN=C(N)NC1CCCCCC1)c1ccco1. The number of nitrogens with two attached hydrogens (primary N) is 1. The van der Waals surface area contributed by atoms with Crippen molar-refractivity contribution >= 4 is 5.96 Å². The third kappa shape index (κ3) is 5.57. The monoisotopic (exact) mass is 320 g/mol. The fourth-order valence-electron chi connectivity index (χ4n) is 3.39. The van der Waals surface area contributed by atoms with Crippen LogP contribution >= 0.6 is 0 Å². The van der Waals surface area contributed by atoms with E-state index in [0.29, 0.717) is 18.5 Å². The van der Waals surface area contributed by atoms with Gasteiger partial charge in [0.05, 0.1) is 18.8 Å². The fraction of sp³-hybridized carbons (Fsp3) is 0.722. The standard InChI is InChI=1S/C18H32N4O/c1-3-22(4-2)16(17-12-9-13-23-17)14-20-18(19)21-15-10-7-5-6-8-11-15/h9,12-13,15-16H,3-8,10-11,14H2,1-2H3,(H3,19,20,21). The Hall–Kier alpha value is -1.49. The molecule has 0 aliphatic heterocycles. The molecule has 1 saturated carbocycles. The van der Waals surface area contributed by atoms with Gasteiger partial charge in [0, 0.05) is 6.04 Å². The predicted molar refractivity (Wildman–Crippen MR) is 95.5 cm³/mol. The molecule has 1 unspecified atom stereocenters. The smallest absolute Gasteiger partial charge is 0.188 e. The first kappa shape index (κ1) is 17.9. The lowest BCUT2D eigenvalue weighted by Gasteiger charge is -2.27. The van der Waals surface area contributed by atoms with Crippen LogP contribution < -0.4 is 11.1 Å². The van der Waals surface area contributed by atoms with E-state index >= 15 is 0 Å². The van der Waals surface area contributed by atoms with Gasteiger partial charge in [-0.3, -0.25) is 9.89 Å². The van der Waals surface area contributed by atoms with E-state index in [1.165, 1.54) is 38.5 Å². The zero-order valence-corrected chi connectivity index (χ0v) is 14.6. The van der Waals surface area contributed by atoms with Crippen LogP contribution in [0.1, 0.15) is 64.2 Å². The highest BCUT2D eigenvalue weighted by Crippen LogP contribution is 2.21. The van der Waals surface area contributed by atoms with E-state index in [9.17, 15) is 0 Å². The Kier molecular flexibility index (Phi) is 7.46. The Bertz CT molecular complexity index is 446. The van der Waals surface area contributed by atoms with Gasteiger partial charge in [0.1, 0.15) is 5.76 Å². The van der Waals surface area contributed by atoms with Gasteiger partial charge in [-0.15, -0.1) is 0 Å². The minimum absolute atomic E-state index is 0.148. The highest BCUT2D eigenvalue weighted by Gasteiger charge is 2.20. The predicted octanol–water partition coefficient (Wildman–Crippen LogP) is 3.29. The van der Waals surface area contributed by atoms with Crippen LogP contribution in [0, 0.1) is 0 Å². The Labute approximate surface area is 140 Å². The van der Waals surface area contributed by atoms with E-state index in [-0.39, 0.29) is 6.04 Å². The minimum Gasteiger partial charge on any atom is -0.468 e. The number of furan rings is 1. The van der Waals surface area contributed by atoms with E-state index in [0.717, 1.165) is 18.8 Å². The molecule has 0 saturated heterocycles. The third-order valence-corrected chi connectivity index (χ3v) is 4.77. The van der Waals surface area contributed by atoms with Gasteiger partial charge in [0.2, 0.25) is 0 Å². The van der Waals surface area contributed by atoms with Gasteiger partial charge in [0.25, 0.3) is 0 Å². The molecule has 23 heavy (non-hydrogen) atoms. The van der Waals surface area contributed by atoms with Crippen molar-refractivity contribution in [1.82, 2.24) is 10.2 Å². The normalized spacial score (nSPS) is 18.8. The van der Waals surface area contributed by atoms with Crippen molar-refractivity contribution in [1.29, 1.82) is 0 Å². The maximum Gasteiger partial charge on any atom is 0.188 e. The summed E-state index contributed by atoms with van der Waals surface area (Å²) in [6.45, 7) is 6.88. The molecule has 1 fully saturated rings. The topological polar surface area (TPSA) is 66.8 Å². The van der Waals surface area contributed by atoms with Crippen molar-refractivity contribution in [2.24, 2.45) is 10.7 Å². The first-order valence-corrected chi connectivity index (χ1v) is 9.08. The Morgan fingerprint density at radius 3 is 2.57 bits per heavy atom.